The van der Waals surface area contributed by atoms with E-state index in [-0.39, 0.29) is 17.7 Å². The highest BCUT2D eigenvalue weighted by atomic mass is 16.7. The molecular weight excluding hydrogens is 414 g/mol. The van der Waals surface area contributed by atoms with Crippen molar-refractivity contribution in [3.63, 3.8) is 0 Å². The van der Waals surface area contributed by atoms with Gasteiger partial charge >= 0.3 is 0 Å². The van der Waals surface area contributed by atoms with Crippen LogP contribution >= 0.6 is 0 Å². The number of hydrogen-bond acceptors (Lipinski definition) is 5. The number of allylic oxidation sites excluding steroid dienone is 1. The van der Waals surface area contributed by atoms with Crippen LogP contribution in [0.5, 0.6) is 0 Å². The number of fused-ring (bicyclic) bond motifs is 5. The molecular formula is C28H47NO4. The third-order valence-corrected chi connectivity index (χ3v) is 10.9. The topological polar surface area (TPSA) is 73.9 Å². The maximum atomic E-state index is 12.4. The van der Waals surface area contributed by atoms with Gasteiger partial charge < -0.3 is 25.1 Å². The summed E-state index contributed by atoms with van der Waals surface area (Å²) in [5.41, 5.74) is 6.86. The largest absolute Gasteiger partial charge is 0.389 e. The molecule has 0 aromatic heterocycles. The van der Waals surface area contributed by atoms with Gasteiger partial charge in [-0.05, 0) is 106 Å². The summed E-state index contributed by atoms with van der Waals surface area (Å²) in [6.45, 7) is 11.1. The minimum Gasteiger partial charge on any atom is -0.389 e. The summed E-state index contributed by atoms with van der Waals surface area (Å²) in [6.07, 6.45) is 12.9. The van der Waals surface area contributed by atoms with Crippen LogP contribution in [0.2, 0.25) is 0 Å². The van der Waals surface area contributed by atoms with E-state index in [1.807, 2.05) is 6.92 Å². The Labute approximate surface area is 200 Å². The van der Waals surface area contributed by atoms with Gasteiger partial charge in [0.2, 0.25) is 0 Å². The second-order valence-corrected chi connectivity index (χ2v) is 12.7. The van der Waals surface area contributed by atoms with Crippen molar-refractivity contribution in [3.8, 4) is 0 Å². The summed E-state index contributed by atoms with van der Waals surface area (Å²) in [6, 6.07) is 0.110. The third kappa shape index (κ3) is 3.94. The van der Waals surface area contributed by atoms with Gasteiger partial charge in [0.1, 0.15) is 0 Å². The Hall–Kier alpha value is -0.460. The zero-order valence-electron chi connectivity index (χ0n) is 21.4. The van der Waals surface area contributed by atoms with Crippen molar-refractivity contribution >= 4 is 0 Å². The molecule has 33 heavy (non-hydrogen) atoms. The second kappa shape index (κ2) is 8.89. The maximum Gasteiger partial charge on any atom is 0.179 e. The van der Waals surface area contributed by atoms with Crippen LogP contribution in [-0.4, -0.2) is 49.0 Å². The molecule has 0 aromatic carbocycles. The predicted molar refractivity (Wildman–Crippen MR) is 130 cm³/mol. The Morgan fingerprint density at radius 2 is 1.82 bits per heavy atom. The van der Waals surface area contributed by atoms with E-state index in [4.69, 9.17) is 19.9 Å². The van der Waals surface area contributed by atoms with Crippen molar-refractivity contribution in [1.29, 1.82) is 0 Å². The molecule has 188 valence electrons. The monoisotopic (exact) mass is 461 g/mol. The van der Waals surface area contributed by atoms with Crippen molar-refractivity contribution in [2.24, 2.45) is 40.2 Å². The van der Waals surface area contributed by atoms with Gasteiger partial charge in [0.15, 0.2) is 6.29 Å². The number of ether oxygens (including phenoxy) is 3. The fourth-order valence-electron chi connectivity index (χ4n) is 8.95. The van der Waals surface area contributed by atoms with Crippen LogP contribution in [0.4, 0.5) is 0 Å². The molecule has 1 heterocycles. The first-order chi connectivity index (χ1) is 15.7. The Kier molecular flexibility index (Phi) is 6.53. The molecule has 4 aliphatic carbocycles. The number of nitrogens with two attached hydrogens (primary N) is 1. The summed E-state index contributed by atoms with van der Waals surface area (Å²) in [7, 11) is 0. The zero-order valence-corrected chi connectivity index (χ0v) is 21.4. The Balaban J connectivity index is 1.32. The first kappa shape index (κ1) is 24.2. The van der Waals surface area contributed by atoms with E-state index >= 15 is 0 Å². The van der Waals surface area contributed by atoms with E-state index < -0.39 is 5.60 Å². The standard InChI is InChI=1S/C28H47NO4/c1-18(25-31-13-14-32-25)15-21-7-12-28(30)24-6-5-20-16-22(33-17-19(2)29)8-10-26(20,3)23(24)9-11-27(21,28)4/h15,19-25,30H,5-14,16-17,29H2,1-4H3/b18-15-/t19?,20?,21-,22?,23+,24-,26+,27-,28-/m1/s1. The van der Waals surface area contributed by atoms with E-state index in [1.54, 1.807) is 0 Å². The summed E-state index contributed by atoms with van der Waals surface area (Å²) in [5, 5.41) is 12.4. The quantitative estimate of drug-likeness (QED) is 0.575. The molecule has 0 bridgehead atoms. The molecule has 3 unspecified atom stereocenters. The molecule has 4 saturated carbocycles. The molecule has 0 aromatic rings. The molecule has 5 aliphatic rings. The molecule has 1 saturated heterocycles. The Morgan fingerprint density at radius 3 is 2.55 bits per heavy atom. The number of hydrogen-bond donors (Lipinski definition) is 2. The van der Waals surface area contributed by atoms with E-state index in [9.17, 15) is 5.11 Å². The van der Waals surface area contributed by atoms with Crippen molar-refractivity contribution in [1.82, 2.24) is 0 Å². The van der Waals surface area contributed by atoms with Gasteiger partial charge in [-0.2, -0.15) is 0 Å². The molecule has 5 fully saturated rings. The van der Waals surface area contributed by atoms with Crippen molar-refractivity contribution < 1.29 is 19.3 Å². The minimum atomic E-state index is -0.551. The lowest BCUT2D eigenvalue weighted by molar-refractivity contribution is -0.209. The van der Waals surface area contributed by atoms with Gasteiger partial charge in [0.25, 0.3) is 0 Å². The smallest absolute Gasteiger partial charge is 0.179 e. The van der Waals surface area contributed by atoms with Gasteiger partial charge in [0.05, 0.1) is 31.5 Å². The molecule has 9 atom stereocenters. The molecule has 5 heteroatoms. The van der Waals surface area contributed by atoms with Crippen LogP contribution in [0.3, 0.4) is 0 Å². The molecule has 5 nitrogen and oxygen atoms in total. The molecule has 5 rings (SSSR count). The molecule has 1 aliphatic heterocycles. The summed E-state index contributed by atoms with van der Waals surface area (Å²) < 4.78 is 17.7. The Bertz CT molecular complexity index is 748. The van der Waals surface area contributed by atoms with Gasteiger partial charge in [0, 0.05) is 11.5 Å². The predicted octanol–water partition coefficient (Wildman–Crippen LogP) is 4.81. The first-order valence-electron chi connectivity index (χ1n) is 13.7. The van der Waals surface area contributed by atoms with Crippen LogP contribution in [0.15, 0.2) is 11.6 Å². The fourth-order valence-corrected chi connectivity index (χ4v) is 8.95. The van der Waals surface area contributed by atoms with Crippen molar-refractivity contribution in [2.45, 2.75) is 110 Å². The normalized spacial score (nSPS) is 49.4. The van der Waals surface area contributed by atoms with Crippen LogP contribution in [0.1, 0.15) is 85.5 Å². The van der Waals surface area contributed by atoms with Gasteiger partial charge in [-0.15, -0.1) is 0 Å². The Morgan fingerprint density at radius 1 is 1.06 bits per heavy atom. The second-order valence-electron chi connectivity index (χ2n) is 12.7. The SMILES string of the molecule is C/C(=C/[C@H]1CC[C@@]2(O)[C@@H]3CCC4CC(OCC(C)N)CC[C@]4(C)[C@H]3CC[C@]12C)C1OCCO1. The van der Waals surface area contributed by atoms with Crippen molar-refractivity contribution in [3.05, 3.63) is 11.6 Å². The molecule has 0 spiro atoms. The molecule has 0 amide bonds. The highest BCUT2D eigenvalue weighted by Gasteiger charge is 2.66. The van der Waals surface area contributed by atoms with Crippen LogP contribution in [0, 0.1) is 34.5 Å². The summed E-state index contributed by atoms with van der Waals surface area (Å²) in [4.78, 5) is 0. The van der Waals surface area contributed by atoms with Gasteiger partial charge in [-0.3, -0.25) is 0 Å². The molecule has 0 radical (unpaired) electrons. The van der Waals surface area contributed by atoms with E-state index in [0.29, 0.717) is 49.1 Å². The highest BCUT2D eigenvalue weighted by Crippen LogP contribution is 2.69. The lowest BCUT2D eigenvalue weighted by Crippen LogP contribution is -2.62. The minimum absolute atomic E-state index is 0.0468. The molecule has 3 N–H and O–H groups in total. The number of rotatable bonds is 5. The fraction of sp³-hybridized carbons (Fsp3) is 0.929. The summed E-state index contributed by atoms with van der Waals surface area (Å²) >= 11 is 0. The van der Waals surface area contributed by atoms with Crippen molar-refractivity contribution in [2.75, 3.05) is 19.8 Å². The summed E-state index contributed by atoms with van der Waals surface area (Å²) in [5.74, 6) is 2.18. The number of aliphatic hydroxyl groups is 1. The van der Waals surface area contributed by atoms with E-state index in [1.165, 1.54) is 37.7 Å². The lowest BCUT2D eigenvalue weighted by atomic mass is 9.43. The van der Waals surface area contributed by atoms with E-state index in [2.05, 4.69) is 26.8 Å². The van der Waals surface area contributed by atoms with Crippen LogP contribution in [-0.2, 0) is 14.2 Å². The lowest BCUT2D eigenvalue weighted by Gasteiger charge is -2.63. The maximum absolute atomic E-state index is 12.4. The highest BCUT2D eigenvalue weighted by molar-refractivity contribution is 5.21. The average molecular weight is 462 g/mol. The average Bonchev–Trinajstić information content (AvgIpc) is 3.40. The van der Waals surface area contributed by atoms with E-state index in [0.717, 1.165) is 31.6 Å². The third-order valence-electron chi connectivity index (χ3n) is 10.9. The van der Waals surface area contributed by atoms with Gasteiger partial charge in [-0.1, -0.05) is 19.9 Å². The van der Waals surface area contributed by atoms with Crippen LogP contribution < -0.4 is 5.73 Å². The first-order valence-corrected chi connectivity index (χ1v) is 13.7. The van der Waals surface area contributed by atoms with Gasteiger partial charge in [-0.25, -0.2) is 0 Å². The van der Waals surface area contributed by atoms with Crippen LogP contribution in [0.25, 0.3) is 0 Å². The zero-order chi connectivity index (χ0) is 23.4.